The van der Waals surface area contributed by atoms with Crippen molar-refractivity contribution < 1.29 is 36.2 Å². The van der Waals surface area contributed by atoms with Crippen molar-refractivity contribution in [3.05, 3.63) is 58.8 Å². The molecule has 0 unspecified atom stereocenters. The molecular formula is C30H41N3O8S4. The van der Waals surface area contributed by atoms with Crippen molar-refractivity contribution in [2.45, 2.75) is 66.7 Å². The van der Waals surface area contributed by atoms with Gasteiger partial charge in [-0.3, -0.25) is 9.52 Å². The number of anilines is 1. The fourth-order valence-corrected chi connectivity index (χ4v) is 9.41. The summed E-state index contributed by atoms with van der Waals surface area (Å²) in [7, 11) is -6.08. The summed E-state index contributed by atoms with van der Waals surface area (Å²) in [5, 5.41) is 13.5. The van der Waals surface area contributed by atoms with Crippen LogP contribution in [0.3, 0.4) is 0 Å². The zero-order valence-corrected chi connectivity index (χ0v) is 29.1. The van der Waals surface area contributed by atoms with Crippen LogP contribution in [0.1, 0.15) is 50.4 Å². The number of carbonyl (C=O) groups is 1. The van der Waals surface area contributed by atoms with E-state index < -0.39 is 38.1 Å². The molecule has 4 rings (SSSR count). The van der Waals surface area contributed by atoms with E-state index in [1.54, 1.807) is 48.0 Å². The number of benzene rings is 1. The monoisotopic (exact) mass is 699 g/mol. The first kappa shape index (κ1) is 35.3. The van der Waals surface area contributed by atoms with Crippen LogP contribution in [0.5, 0.6) is 5.75 Å². The third kappa shape index (κ3) is 8.84. The van der Waals surface area contributed by atoms with E-state index in [0.29, 0.717) is 18.8 Å². The number of aliphatic hydroxyl groups excluding tert-OH is 1. The molecule has 0 aliphatic carbocycles. The molecule has 0 bridgehead atoms. The van der Waals surface area contributed by atoms with E-state index in [1.807, 2.05) is 13.8 Å². The number of amides is 1. The molecule has 0 radical (unpaired) electrons. The molecule has 1 amide bonds. The van der Waals surface area contributed by atoms with Gasteiger partial charge in [0.1, 0.15) is 14.2 Å². The molecule has 1 aliphatic heterocycles. The summed E-state index contributed by atoms with van der Waals surface area (Å²) in [5.74, 6) is -0.491. The fraction of sp³-hybridized carbons (Fsp3) is 0.500. The van der Waals surface area contributed by atoms with Crippen LogP contribution in [-0.4, -0.2) is 88.7 Å². The average molecular weight is 700 g/mol. The second-order valence-electron chi connectivity index (χ2n) is 11.3. The second-order valence-corrected chi connectivity index (χ2v) is 17.3. The van der Waals surface area contributed by atoms with Crippen molar-refractivity contribution >= 4 is 54.3 Å². The van der Waals surface area contributed by atoms with Crippen LogP contribution < -0.4 is 9.46 Å². The Bertz CT molecular complexity index is 1610. The molecule has 11 nitrogen and oxygen atoms in total. The number of nitrogens with zero attached hydrogens (tertiary/aromatic N) is 2. The number of nitrogens with one attached hydrogen (secondary N) is 1. The maximum Gasteiger partial charge on any atom is 0.271 e. The molecule has 248 valence electrons. The first-order chi connectivity index (χ1) is 21.3. The van der Waals surface area contributed by atoms with Crippen LogP contribution in [0.25, 0.3) is 0 Å². The lowest BCUT2D eigenvalue weighted by Crippen LogP contribution is -2.48. The quantitative estimate of drug-likeness (QED) is 0.327. The highest BCUT2D eigenvalue weighted by Crippen LogP contribution is 2.30. The minimum absolute atomic E-state index is 0.0711. The molecule has 0 fully saturated rings. The van der Waals surface area contributed by atoms with Gasteiger partial charge in [0.15, 0.2) is 0 Å². The predicted molar refractivity (Wildman–Crippen MR) is 176 cm³/mol. The lowest BCUT2D eigenvalue weighted by atomic mass is 10.0. The van der Waals surface area contributed by atoms with E-state index in [2.05, 4.69) is 4.72 Å². The minimum Gasteiger partial charge on any atom is -0.490 e. The van der Waals surface area contributed by atoms with Gasteiger partial charge in [0.25, 0.3) is 26.0 Å². The first-order valence-corrected chi connectivity index (χ1v) is 19.4. The molecule has 15 heteroatoms. The average Bonchev–Trinajstić information content (AvgIpc) is 3.74. The largest absolute Gasteiger partial charge is 0.490 e. The first-order valence-electron chi connectivity index (χ1n) is 14.7. The molecule has 45 heavy (non-hydrogen) atoms. The molecule has 2 N–H and O–H groups in total. The lowest BCUT2D eigenvalue weighted by molar-refractivity contribution is -0.00832. The predicted octanol–water partition coefficient (Wildman–Crippen LogP) is 4.73. The minimum atomic E-state index is -3.87. The van der Waals surface area contributed by atoms with Gasteiger partial charge in [-0.2, -0.15) is 4.31 Å². The van der Waals surface area contributed by atoms with Crippen molar-refractivity contribution in [1.82, 2.24) is 9.21 Å². The number of likely N-dealkylation sites (N-methyl/N-ethyl adjacent to an activating group) is 1. The van der Waals surface area contributed by atoms with E-state index >= 15 is 0 Å². The maximum atomic E-state index is 14.3. The number of ether oxygens (including phenoxy) is 2. The van der Waals surface area contributed by atoms with Gasteiger partial charge in [-0.15, -0.1) is 22.7 Å². The number of hydrogen-bond donors (Lipinski definition) is 2. The third-order valence-electron chi connectivity index (χ3n) is 7.66. The molecule has 1 aromatic carbocycles. The number of rotatable bonds is 9. The molecule has 3 aromatic rings. The van der Waals surface area contributed by atoms with E-state index in [-0.39, 0.29) is 51.4 Å². The van der Waals surface area contributed by atoms with Crippen molar-refractivity contribution in [3.63, 3.8) is 0 Å². The van der Waals surface area contributed by atoms with E-state index in [4.69, 9.17) is 9.47 Å². The summed E-state index contributed by atoms with van der Waals surface area (Å²) < 4.78 is 69.0. The molecule has 4 atom stereocenters. The summed E-state index contributed by atoms with van der Waals surface area (Å²) in [4.78, 5) is 15.8. The summed E-state index contributed by atoms with van der Waals surface area (Å²) in [5.41, 5.74) is 0.340. The molecule has 1 aliphatic rings. The summed E-state index contributed by atoms with van der Waals surface area (Å²) in [6.07, 6.45) is 1.37. The number of aliphatic hydroxyl groups is 1. The van der Waals surface area contributed by atoms with Gasteiger partial charge >= 0.3 is 0 Å². The van der Waals surface area contributed by atoms with E-state index in [1.165, 1.54) is 28.4 Å². The summed E-state index contributed by atoms with van der Waals surface area (Å²) >= 11 is 2.22. The zero-order chi connectivity index (χ0) is 32.8. The highest BCUT2D eigenvalue weighted by atomic mass is 32.3. The standard InChI is InChI=1S/C30H41N3O8S4/c1-21-18-33(22(2)20-34)30(35)25-17-24(31-44(36,37)28-10-7-15-42-28)12-13-26(25)41-23(3)9-5-6-14-40-27(21)19-32(4)45(38,39)29-11-8-16-43-29/h7-8,10-13,15-17,21-23,27,31,34H,5-6,9,14,18-20H2,1-4H3/t21-,22+,23-,27-/m0/s1. The SMILES string of the molecule is C[C@H](CO)N1C[C@H](C)[C@H](CN(C)S(=O)(=O)c2cccs2)OCCCC[C@H](C)Oc2ccc(NS(=O)(=O)c3cccs3)cc2C1=O. The molecule has 0 saturated heterocycles. The number of carbonyl (C=O) groups excluding carboxylic acids is 1. The van der Waals surface area contributed by atoms with Crippen LogP contribution in [0.4, 0.5) is 5.69 Å². The Balaban J connectivity index is 1.67. The van der Waals surface area contributed by atoms with Gasteiger partial charge in [-0.25, -0.2) is 16.8 Å². The van der Waals surface area contributed by atoms with Gasteiger partial charge in [0, 0.05) is 38.3 Å². The Labute approximate surface area is 273 Å². The third-order valence-corrected chi connectivity index (χ3v) is 13.6. The van der Waals surface area contributed by atoms with E-state index in [9.17, 15) is 26.7 Å². The molecule has 2 aromatic heterocycles. The van der Waals surface area contributed by atoms with Crippen LogP contribution in [0.2, 0.25) is 0 Å². The summed E-state index contributed by atoms with van der Waals surface area (Å²) in [6, 6.07) is 10.4. The Morgan fingerprint density at radius 1 is 1.07 bits per heavy atom. The van der Waals surface area contributed by atoms with Crippen molar-refractivity contribution in [1.29, 1.82) is 0 Å². The second kappa shape index (κ2) is 15.4. The lowest BCUT2D eigenvalue weighted by Gasteiger charge is -2.35. The smallest absolute Gasteiger partial charge is 0.271 e. The topological polar surface area (TPSA) is 143 Å². The van der Waals surface area contributed by atoms with Crippen molar-refractivity contribution in [2.75, 3.05) is 38.1 Å². The van der Waals surface area contributed by atoms with Crippen LogP contribution in [-0.2, 0) is 24.8 Å². The Kier molecular flexibility index (Phi) is 12.1. The zero-order valence-electron chi connectivity index (χ0n) is 25.8. The highest BCUT2D eigenvalue weighted by molar-refractivity contribution is 7.94. The normalized spacial score (nSPS) is 21.5. The van der Waals surface area contributed by atoms with Crippen molar-refractivity contribution in [3.8, 4) is 5.75 Å². The molecule has 0 saturated carbocycles. The molecule has 3 heterocycles. The van der Waals surface area contributed by atoms with Crippen LogP contribution >= 0.6 is 22.7 Å². The Hall–Kier alpha value is -2.53. The number of hydrogen-bond acceptors (Lipinski definition) is 10. The van der Waals surface area contributed by atoms with Crippen LogP contribution in [0, 0.1) is 5.92 Å². The summed E-state index contributed by atoms with van der Waals surface area (Å²) in [6.45, 7) is 5.79. The number of thiophene rings is 2. The van der Waals surface area contributed by atoms with Gasteiger partial charge in [0.2, 0.25) is 0 Å². The van der Waals surface area contributed by atoms with Gasteiger partial charge in [-0.05, 0) is 74.2 Å². The number of fused-ring (bicyclic) bond motifs is 1. The van der Waals surface area contributed by atoms with Gasteiger partial charge < -0.3 is 19.5 Å². The van der Waals surface area contributed by atoms with Gasteiger partial charge in [0.05, 0.1) is 30.4 Å². The highest BCUT2D eigenvalue weighted by Gasteiger charge is 2.33. The van der Waals surface area contributed by atoms with Crippen molar-refractivity contribution in [2.24, 2.45) is 5.92 Å². The maximum absolute atomic E-state index is 14.3. The fourth-order valence-electron chi connectivity index (χ4n) is 4.99. The molecule has 0 spiro atoms. The van der Waals surface area contributed by atoms with Gasteiger partial charge in [-0.1, -0.05) is 19.1 Å². The van der Waals surface area contributed by atoms with Crippen LogP contribution in [0.15, 0.2) is 61.6 Å². The Morgan fingerprint density at radius 3 is 2.40 bits per heavy atom. The van der Waals surface area contributed by atoms with E-state index in [0.717, 1.165) is 35.5 Å². The molecular weight excluding hydrogens is 659 g/mol. The Morgan fingerprint density at radius 2 is 1.76 bits per heavy atom. The number of sulfonamides is 2.